The Kier molecular flexibility index (Phi) is 11.0. The van der Waals surface area contributed by atoms with E-state index in [2.05, 4.69) is 5.32 Å². The number of aryl methyl sites for hydroxylation is 2. The lowest BCUT2D eigenvalue weighted by Crippen LogP contribution is -2.53. The molecule has 0 aliphatic rings. The molecule has 1 unspecified atom stereocenters. The SMILES string of the molecule is CNC(=O)C(Cc1ccccc1)N(Cc1ccc(Cl)c(Cl)c1)C(=O)CN(c1ccc(Cl)cc1C)S(=O)(=O)c1ccc(C)cc1. The van der Waals surface area contributed by atoms with Crippen molar-refractivity contribution in [2.24, 2.45) is 0 Å². The fourth-order valence-corrected chi connectivity index (χ4v) is 6.83. The Morgan fingerprint density at radius 2 is 1.50 bits per heavy atom. The van der Waals surface area contributed by atoms with Crippen molar-refractivity contribution in [1.82, 2.24) is 10.2 Å². The highest BCUT2D eigenvalue weighted by Gasteiger charge is 2.35. The quantitative estimate of drug-likeness (QED) is 0.189. The molecular formula is C33H32Cl3N3O4S. The minimum atomic E-state index is -4.23. The van der Waals surface area contributed by atoms with Crippen LogP contribution >= 0.6 is 34.8 Å². The molecule has 4 rings (SSSR count). The molecule has 230 valence electrons. The fourth-order valence-electron chi connectivity index (χ4n) is 4.80. The van der Waals surface area contributed by atoms with Gasteiger partial charge >= 0.3 is 0 Å². The van der Waals surface area contributed by atoms with Gasteiger partial charge < -0.3 is 10.2 Å². The van der Waals surface area contributed by atoms with E-state index in [4.69, 9.17) is 34.8 Å². The standard InChI is InChI=1S/C33H32Cl3N3O4S/c1-22-9-13-27(14-10-22)44(42,43)39(30-16-12-26(34)17-23(30)2)21-32(40)38(20-25-11-15-28(35)29(36)18-25)31(33(41)37-3)19-24-7-5-4-6-8-24/h4-18,31H,19-21H2,1-3H3,(H,37,41). The van der Waals surface area contributed by atoms with Crippen molar-refractivity contribution in [2.45, 2.75) is 37.8 Å². The molecule has 0 fully saturated rings. The van der Waals surface area contributed by atoms with E-state index in [9.17, 15) is 18.0 Å². The molecule has 11 heteroatoms. The summed E-state index contributed by atoms with van der Waals surface area (Å²) in [4.78, 5) is 29.2. The maximum atomic E-state index is 14.4. The van der Waals surface area contributed by atoms with Crippen LogP contribution in [0.3, 0.4) is 0 Å². The number of benzene rings is 4. The Morgan fingerprint density at radius 1 is 0.818 bits per heavy atom. The molecule has 0 heterocycles. The topological polar surface area (TPSA) is 86.8 Å². The van der Waals surface area contributed by atoms with E-state index < -0.39 is 34.4 Å². The summed E-state index contributed by atoms with van der Waals surface area (Å²) in [6, 6.07) is 24.4. The van der Waals surface area contributed by atoms with Gasteiger partial charge in [0.05, 0.1) is 20.6 Å². The summed E-state index contributed by atoms with van der Waals surface area (Å²) in [6.07, 6.45) is 0.193. The van der Waals surface area contributed by atoms with Crippen LogP contribution in [0, 0.1) is 13.8 Å². The lowest BCUT2D eigenvalue weighted by atomic mass is 10.0. The van der Waals surface area contributed by atoms with E-state index in [0.29, 0.717) is 21.2 Å². The molecule has 1 atom stereocenters. The monoisotopic (exact) mass is 671 g/mol. The van der Waals surface area contributed by atoms with Crippen molar-refractivity contribution in [3.05, 3.63) is 128 Å². The molecular weight excluding hydrogens is 641 g/mol. The van der Waals surface area contributed by atoms with E-state index in [1.54, 1.807) is 55.5 Å². The van der Waals surface area contributed by atoms with Crippen LogP contribution in [-0.4, -0.2) is 44.8 Å². The van der Waals surface area contributed by atoms with Gasteiger partial charge in [-0.2, -0.15) is 0 Å². The number of likely N-dealkylation sites (N-methyl/N-ethyl adjacent to an activating group) is 1. The highest BCUT2D eigenvalue weighted by molar-refractivity contribution is 7.92. The van der Waals surface area contributed by atoms with Crippen LogP contribution in [0.25, 0.3) is 0 Å². The number of sulfonamides is 1. The van der Waals surface area contributed by atoms with Crippen LogP contribution in [0.15, 0.2) is 95.9 Å². The number of nitrogens with zero attached hydrogens (tertiary/aromatic N) is 2. The average Bonchev–Trinajstić information content (AvgIpc) is 3.00. The second-order valence-corrected chi connectivity index (χ2v) is 13.5. The molecule has 0 spiro atoms. The second kappa shape index (κ2) is 14.5. The molecule has 0 aromatic heterocycles. The van der Waals surface area contributed by atoms with Gasteiger partial charge in [0.1, 0.15) is 12.6 Å². The number of hydrogen-bond donors (Lipinski definition) is 1. The molecule has 0 aliphatic heterocycles. The zero-order valence-electron chi connectivity index (χ0n) is 24.4. The minimum Gasteiger partial charge on any atom is -0.357 e. The Bertz CT molecular complexity index is 1750. The van der Waals surface area contributed by atoms with Crippen molar-refractivity contribution in [1.29, 1.82) is 0 Å². The first-order valence-electron chi connectivity index (χ1n) is 13.7. The van der Waals surface area contributed by atoms with Gasteiger partial charge in [0.25, 0.3) is 10.0 Å². The van der Waals surface area contributed by atoms with Crippen LogP contribution in [0.1, 0.15) is 22.3 Å². The van der Waals surface area contributed by atoms with E-state index in [0.717, 1.165) is 15.4 Å². The van der Waals surface area contributed by atoms with E-state index in [-0.39, 0.29) is 28.6 Å². The Morgan fingerprint density at radius 3 is 2.11 bits per heavy atom. The Balaban J connectivity index is 1.82. The molecule has 0 aliphatic carbocycles. The van der Waals surface area contributed by atoms with Gasteiger partial charge in [-0.3, -0.25) is 13.9 Å². The molecule has 4 aromatic rings. The largest absolute Gasteiger partial charge is 0.357 e. The first-order valence-corrected chi connectivity index (χ1v) is 16.3. The summed E-state index contributed by atoms with van der Waals surface area (Å²) >= 11 is 18.6. The first kappa shape index (κ1) is 33.3. The van der Waals surface area contributed by atoms with Gasteiger partial charge in [0.15, 0.2) is 0 Å². The molecule has 0 radical (unpaired) electrons. The van der Waals surface area contributed by atoms with Crippen molar-refractivity contribution in [3.8, 4) is 0 Å². The minimum absolute atomic E-state index is 0.0217. The van der Waals surface area contributed by atoms with Crippen molar-refractivity contribution in [3.63, 3.8) is 0 Å². The highest BCUT2D eigenvalue weighted by Crippen LogP contribution is 2.30. The third-order valence-electron chi connectivity index (χ3n) is 7.17. The predicted molar refractivity (Wildman–Crippen MR) is 177 cm³/mol. The summed E-state index contributed by atoms with van der Waals surface area (Å²) in [6.45, 7) is 2.97. The zero-order valence-corrected chi connectivity index (χ0v) is 27.5. The van der Waals surface area contributed by atoms with Crippen molar-refractivity contribution in [2.75, 3.05) is 17.9 Å². The van der Waals surface area contributed by atoms with E-state index in [1.807, 2.05) is 37.3 Å². The lowest BCUT2D eigenvalue weighted by Gasteiger charge is -2.34. The number of hydrogen-bond acceptors (Lipinski definition) is 4. The maximum absolute atomic E-state index is 14.4. The Hall–Kier alpha value is -3.56. The van der Waals surface area contributed by atoms with Crippen LogP contribution in [0.2, 0.25) is 15.1 Å². The predicted octanol–water partition coefficient (Wildman–Crippen LogP) is 6.85. The number of carbonyl (C=O) groups excluding carboxylic acids is 2. The third kappa shape index (κ3) is 7.93. The molecule has 0 saturated carbocycles. The number of amides is 2. The zero-order chi connectivity index (χ0) is 32.0. The molecule has 44 heavy (non-hydrogen) atoms. The van der Waals surface area contributed by atoms with E-state index >= 15 is 0 Å². The normalized spacial score (nSPS) is 12.0. The van der Waals surface area contributed by atoms with Crippen LogP contribution in [0.5, 0.6) is 0 Å². The van der Waals surface area contributed by atoms with Crippen molar-refractivity contribution < 1.29 is 18.0 Å². The molecule has 7 nitrogen and oxygen atoms in total. The fraction of sp³-hybridized carbons (Fsp3) is 0.212. The maximum Gasteiger partial charge on any atom is 0.264 e. The van der Waals surface area contributed by atoms with Gasteiger partial charge in [-0.15, -0.1) is 0 Å². The first-order chi connectivity index (χ1) is 20.9. The summed E-state index contributed by atoms with van der Waals surface area (Å²) in [7, 11) is -2.73. The number of carbonyl (C=O) groups is 2. The van der Waals surface area contributed by atoms with Gasteiger partial charge in [-0.05, 0) is 73.0 Å². The lowest BCUT2D eigenvalue weighted by molar-refractivity contribution is -0.139. The molecule has 4 aromatic carbocycles. The smallest absolute Gasteiger partial charge is 0.264 e. The average molecular weight is 673 g/mol. The summed E-state index contributed by atoms with van der Waals surface area (Å²) in [5.74, 6) is -0.997. The van der Waals surface area contributed by atoms with Gasteiger partial charge in [-0.1, -0.05) is 88.9 Å². The van der Waals surface area contributed by atoms with Crippen molar-refractivity contribution >= 4 is 62.3 Å². The van der Waals surface area contributed by atoms with Crippen LogP contribution in [0.4, 0.5) is 5.69 Å². The number of nitrogens with one attached hydrogen (secondary N) is 1. The van der Waals surface area contributed by atoms with Gasteiger partial charge in [0, 0.05) is 25.0 Å². The number of rotatable bonds is 11. The van der Waals surface area contributed by atoms with Gasteiger partial charge in [-0.25, -0.2) is 8.42 Å². The van der Waals surface area contributed by atoms with Gasteiger partial charge in [0.2, 0.25) is 11.8 Å². The molecule has 0 saturated heterocycles. The summed E-state index contributed by atoms with van der Waals surface area (Å²) < 4.78 is 29.3. The van der Waals surface area contributed by atoms with E-state index in [1.165, 1.54) is 24.1 Å². The Labute approximate surface area is 273 Å². The van der Waals surface area contributed by atoms with Crippen LogP contribution in [-0.2, 0) is 32.6 Å². The molecule has 0 bridgehead atoms. The highest BCUT2D eigenvalue weighted by atomic mass is 35.5. The molecule has 1 N–H and O–H groups in total. The number of halogens is 3. The second-order valence-electron chi connectivity index (χ2n) is 10.3. The van der Waals surface area contributed by atoms with Crippen LogP contribution < -0.4 is 9.62 Å². The third-order valence-corrected chi connectivity index (χ3v) is 9.92. The summed E-state index contributed by atoms with van der Waals surface area (Å²) in [5.41, 5.74) is 3.17. The summed E-state index contributed by atoms with van der Waals surface area (Å²) in [5, 5.41) is 3.72. The molecule has 2 amide bonds. The number of anilines is 1.